The van der Waals surface area contributed by atoms with Gasteiger partial charge in [0.15, 0.2) is 0 Å². The molecule has 3 aromatic rings. The van der Waals surface area contributed by atoms with Crippen LogP contribution in [-0.2, 0) is 6.54 Å². The quantitative estimate of drug-likeness (QED) is 0.748. The predicted molar refractivity (Wildman–Crippen MR) is 70.4 cm³/mol. The van der Waals surface area contributed by atoms with Crippen molar-refractivity contribution in [3.8, 4) is 11.5 Å². The highest BCUT2D eigenvalue weighted by atomic mass is 16.4. The number of rotatable bonds is 4. The summed E-state index contributed by atoms with van der Waals surface area (Å²) in [5, 5.41) is 11.2. The monoisotopic (exact) mass is 255 g/mol. The minimum Gasteiger partial charge on any atom is -0.421 e. The summed E-state index contributed by atoms with van der Waals surface area (Å²) in [6.07, 6.45) is 3.44. The summed E-state index contributed by atoms with van der Waals surface area (Å²) < 4.78 is 5.46. The molecule has 0 radical (unpaired) electrons. The zero-order valence-electron chi connectivity index (χ0n) is 10.4. The number of anilines is 1. The largest absolute Gasteiger partial charge is 0.421 e. The second kappa shape index (κ2) is 4.93. The zero-order valence-corrected chi connectivity index (χ0v) is 10.4. The first-order chi connectivity index (χ1) is 9.33. The highest BCUT2D eigenvalue weighted by molar-refractivity contribution is 5.72. The number of nitrogens with zero attached hydrogens (tertiary/aromatic N) is 3. The molecule has 0 saturated heterocycles. The van der Waals surface area contributed by atoms with Crippen molar-refractivity contribution in [3.63, 3.8) is 0 Å². The standard InChI is InChI=1S/C13H13N5O/c1-9-17-18-13(19-9)11-4-2-3-5-12(11)15-7-10-6-14-8-16-10/h2-6,8,15H,7H2,1H3,(H,14,16). The molecule has 0 fully saturated rings. The van der Waals surface area contributed by atoms with E-state index in [-0.39, 0.29) is 0 Å². The Bertz CT molecular complexity index is 659. The van der Waals surface area contributed by atoms with Crippen LogP contribution in [0.1, 0.15) is 11.6 Å². The number of hydrogen-bond acceptors (Lipinski definition) is 5. The molecule has 0 spiro atoms. The topological polar surface area (TPSA) is 79.6 Å². The minimum atomic E-state index is 0.519. The molecular formula is C13H13N5O. The Morgan fingerprint density at radius 2 is 2.16 bits per heavy atom. The van der Waals surface area contributed by atoms with Crippen LogP contribution in [0.25, 0.3) is 11.5 Å². The van der Waals surface area contributed by atoms with Crippen molar-refractivity contribution in [3.05, 3.63) is 48.4 Å². The molecule has 2 N–H and O–H groups in total. The molecule has 3 rings (SSSR count). The molecule has 0 aliphatic rings. The number of imidazole rings is 1. The molecular weight excluding hydrogens is 242 g/mol. The highest BCUT2D eigenvalue weighted by Crippen LogP contribution is 2.26. The third-order valence-electron chi connectivity index (χ3n) is 2.71. The van der Waals surface area contributed by atoms with Crippen LogP contribution in [0.2, 0.25) is 0 Å². The summed E-state index contributed by atoms with van der Waals surface area (Å²) in [6, 6.07) is 7.83. The maximum atomic E-state index is 5.46. The van der Waals surface area contributed by atoms with Gasteiger partial charge in [0, 0.05) is 18.8 Å². The second-order valence-electron chi connectivity index (χ2n) is 4.10. The van der Waals surface area contributed by atoms with Gasteiger partial charge in [-0.2, -0.15) is 0 Å². The van der Waals surface area contributed by atoms with E-state index in [1.54, 1.807) is 19.4 Å². The van der Waals surface area contributed by atoms with Crippen LogP contribution in [0, 0.1) is 6.92 Å². The lowest BCUT2D eigenvalue weighted by molar-refractivity contribution is 0.533. The minimum absolute atomic E-state index is 0.519. The summed E-state index contributed by atoms with van der Waals surface area (Å²) in [4.78, 5) is 7.03. The number of hydrogen-bond donors (Lipinski definition) is 2. The van der Waals surface area contributed by atoms with Gasteiger partial charge in [0.05, 0.1) is 24.1 Å². The summed E-state index contributed by atoms with van der Waals surface area (Å²) in [5.41, 5.74) is 2.85. The van der Waals surface area contributed by atoms with Gasteiger partial charge in [-0.25, -0.2) is 4.98 Å². The Kier molecular flexibility index (Phi) is 2.97. The molecule has 6 heteroatoms. The Hall–Kier alpha value is -2.63. The van der Waals surface area contributed by atoms with E-state index < -0.39 is 0 Å². The van der Waals surface area contributed by atoms with Gasteiger partial charge in [-0.05, 0) is 12.1 Å². The molecule has 0 aliphatic carbocycles. The molecule has 19 heavy (non-hydrogen) atoms. The Morgan fingerprint density at radius 3 is 2.89 bits per heavy atom. The van der Waals surface area contributed by atoms with Crippen LogP contribution in [0.4, 0.5) is 5.69 Å². The molecule has 0 saturated carbocycles. The summed E-state index contributed by atoms with van der Waals surface area (Å²) in [7, 11) is 0. The number of benzene rings is 1. The van der Waals surface area contributed by atoms with Crippen molar-refractivity contribution in [1.29, 1.82) is 0 Å². The number of nitrogens with one attached hydrogen (secondary N) is 2. The lowest BCUT2D eigenvalue weighted by Crippen LogP contribution is -2.01. The van der Waals surface area contributed by atoms with Crippen molar-refractivity contribution < 1.29 is 4.42 Å². The van der Waals surface area contributed by atoms with E-state index in [9.17, 15) is 0 Å². The SMILES string of the molecule is Cc1nnc(-c2ccccc2NCc2cnc[nH]2)o1. The average Bonchev–Trinajstić information content (AvgIpc) is 3.08. The fourth-order valence-corrected chi connectivity index (χ4v) is 1.80. The molecule has 2 aromatic heterocycles. The van der Waals surface area contributed by atoms with Gasteiger partial charge < -0.3 is 14.7 Å². The first-order valence-electron chi connectivity index (χ1n) is 5.93. The van der Waals surface area contributed by atoms with Crippen molar-refractivity contribution in [2.45, 2.75) is 13.5 Å². The normalized spacial score (nSPS) is 10.6. The van der Waals surface area contributed by atoms with E-state index in [0.717, 1.165) is 16.9 Å². The predicted octanol–water partition coefficient (Wildman–Crippen LogP) is 2.38. The van der Waals surface area contributed by atoms with Crippen LogP contribution >= 0.6 is 0 Å². The number of para-hydroxylation sites is 1. The van der Waals surface area contributed by atoms with Crippen LogP contribution in [-0.4, -0.2) is 20.2 Å². The van der Waals surface area contributed by atoms with E-state index in [0.29, 0.717) is 18.3 Å². The Balaban J connectivity index is 1.85. The second-order valence-corrected chi connectivity index (χ2v) is 4.10. The molecule has 0 amide bonds. The molecule has 0 atom stereocenters. The molecule has 0 unspecified atom stereocenters. The van der Waals surface area contributed by atoms with E-state index in [1.807, 2.05) is 24.3 Å². The number of H-pyrrole nitrogens is 1. The number of aromatic nitrogens is 4. The van der Waals surface area contributed by atoms with E-state index >= 15 is 0 Å². The van der Waals surface area contributed by atoms with Crippen molar-refractivity contribution in [2.24, 2.45) is 0 Å². The summed E-state index contributed by atoms with van der Waals surface area (Å²) >= 11 is 0. The van der Waals surface area contributed by atoms with Crippen molar-refractivity contribution >= 4 is 5.69 Å². The lowest BCUT2D eigenvalue weighted by Gasteiger charge is -2.08. The van der Waals surface area contributed by atoms with Crippen LogP contribution < -0.4 is 5.32 Å². The molecule has 2 heterocycles. The molecule has 6 nitrogen and oxygen atoms in total. The van der Waals surface area contributed by atoms with E-state index in [1.165, 1.54) is 0 Å². The Labute approximate surface area is 109 Å². The van der Waals surface area contributed by atoms with Crippen LogP contribution in [0.3, 0.4) is 0 Å². The van der Waals surface area contributed by atoms with Gasteiger partial charge in [0.25, 0.3) is 0 Å². The smallest absolute Gasteiger partial charge is 0.249 e. The van der Waals surface area contributed by atoms with Gasteiger partial charge >= 0.3 is 0 Å². The van der Waals surface area contributed by atoms with Crippen molar-refractivity contribution in [1.82, 2.24) is 20.2 Å². The maximum absolute atomic E-state index is 5.46. The average molecular weight is 255 g/mol. The first-order valence-corrected chi connectivity index (χ1v) is 5.93. The molecule has 0 bridgehead atoms. The summed E-state index contributed by atoms with van der Waals surface area (Å²) in [5.74, 6) is 1.07. The van der Waals surface area contributed by atoms with Crippen LogP contribution in [0.5, 0.6) is 0 Å². The van der Waals surface area contributed by atoms with E-state index in [4.69, 9.17) is 4.42 Å². The number of aromatic amines is 1. The Morgan fingerprint density at radius 1 is 1.26 bits per heavy atom. The fraction of sp³-hybridized carbons (Fsp3) is 0.154. The number of aryl methyl sites for hydroxylation is 1. The zero-order chi connectivity index (χ0) is 13.1. The van der Waals surface area contributed by atoms with Gasteiger partial charge in [0.1, 0.15) is 0 Å². The highest BCUT2D eigenvalue weighted by Gasteiger charge is 2.10. The van der Waals surface area contributed by atoms with E-state index in [2.05, 4.69) is 25.5 Å². The lowest BCUT2D eigenvalue weighted by atomic mass is 10.1. The maximum Gasteiger partial charge on any atom is 0.249 e. The fourth-order valence-electron chi connectivity index (χ4n) is 1.80. The molecule has 96 valence electrons. The third-order valence-corrected chi connectivity index (χ3v) is 2.71. The van der Waals surface area contributed by atoms with Crippen molar-refractivity contribution in [2.75, 3.05) is 5.32 Å². The third kappa shape index (κ3) is 2.47. The molecule has 0 aliphatic heterocycles. The van der Waals surface area contributed by atoms with Gasteiger partial charge in [-0.15, -0.1) is 10.2 Å². The van der Waals surface area contributed by atoms with Gasteiger partial charge in [-0.1, -0.05) is 12.1 Å². The van der Waals surface area contributed by atoms with Crippen LogP contribution in [0.15, 0.2) is 41.2 Å². The van der Waals surface area contributed by atoms with Gasteiger partial charge in [0.2, 0.25) is 11.8 Å². The first kappa shape index (κ1) is 11.5. The molecule has 1 aromatic carbocycles. The summed E-state index contributed by atoms with van der Waals surface area (Å²) in [6.45, 7) is 2.43. The van der Waals surface area contributed by atoms with Gasteiger partial charge in [-0.3, -0.25) is 0 Å².